The smallest absolute Gasteiger partial charge is 0.336 e. The molecular weight excluding hydrogens is 270 g/mol. The Labute approximate surface area is 103 Å². The molecule has 0 spiro atoms. The van der Waals surface area contributed by atoms with Crippen molar-refractivity contribution < 1.29 is 9.90 Å². The quantitative estimate of drug-likeness (QED) is 0.871. The Hall–Kier alpha value is -1.03. The lowest BCUT2D eigenvalue weighted by atomic mass is 10.2. The molecule has 0 aromatic heterocycles. The number of carbonyl (C=O) groups is 1. The number of carboxylic acid groups (broad SMARTS) is 1. The second-order valence-corrected chi connectivity index (χ2v) is 5.01. The topological polar surface area (TPSA) is 49.3 Å². The van der Waals surface area contributed by atoms with Crippen LogP contribution in [0.5, 0.6) is 0 Å². The van der Waals surface area contributed by atoms with E-state index in [0.29, 0.717) is 10.0 Å². The first kappa shape index (κ1) is 11.5. The van der Waals surface area contributed by atoms with Crippen molar-refractivity contribution in [3.8, 4) is 0 Å². The molecule has 1 aliphatic rings. The van der Waals surface area contributed by atoms with Crippen molar-refractivity contribution in [2.24, 2.45) is 5.92 Å². The minimum Gasteiger partial charge on any atom is -0.478 e. The monoisotopic (exact) mass is 283 g/mol. The highest BCUT2D eigenvalue weighted by molar-refractivity contribution is 9.10. The van der Waals surface area contributed by atoms with Gasteiger partial charge < -0.3 is 10.4 Å². The third-order valence-corrected chi connectivity index (χ3v) is 3.43. The normalized spacial score (nSPS) is 14.8. The van der Waals surface area contributed by atoms with Gasteiger partial charge in [0.15, 0.2) is 0 Å². The molecule has 1 aliphatic carbocycles. The summed E-state index contributed by atoms with van der Waals surface area (Å²) in [6, 6.07) is 5.24. The predicted molar refractivity (Wildman–Crippen MR) is 66.9 cm³/mol. The second kappa shape index (κ2) is 4.87. The first-order chi connectivity index (χ1) is 7.66. The zero-order valence-corrected chi connectivity index (χ0v) is 10.5. The van der Waals surface area contributed by atoms with Gasteiger partial charge >= 0.3 is 5.97 Å². The molecule has 86 valence electrons. The molecule has 1 aromatic rings. The maximum atomic E-state index is 10.8. The zero-order valence-electron chi connectivity index (χ0n) is 8.87. The number of anilines is 1. The highest BCUT2D eigenvalue weighted by atomic mass is 79.9. The molecule has 2 N–H and O–H groups in total. The lowest BCUT2D eigenvalue weighted by Gasteiger charge is -2.07. The standard InChI is InChI=1S/C12H14BrNO2/c13-11-7-9(3-4-10(11)12(15)16)14-6-5-8-1-2-8/h3-4,7-8,14H,1-2,5-6H2,(H,15,16). The zero-order chi connectivity index (χ0) is 11.5. The SMILES string of the molecule is O=C(O)c1ccc(NCCC2CC2)cc1Br. The van der Waals surface area contributed by atoms with Gasteiger partial charge in [0.2, 0.25) is 0 Å². The number of halogens is 1. The Kier molecular flexibility index (Phi) is 3.49. The molecule has 1 fully saturated rings. The van der Waals surface area contributed by atoms with E-state index in [2.05, 4.69) is 21.2 Å². The minimum atomic E-state index is -0.906. The van der Waals surface area contributed by atoms with Crippen LogP contribution in [0, 0.1) is 5.92 Å². The molecular formula is C12H14BrNO2. The molecule has 0 bridgehead atoms. The van der Waals surface area contributed by atoms with Gasteiger partial charge in [0.1, 0.15) is 0 Å². The summed E-state index contributed by atoms with van der Waals surface area (Å²) in [5.41, 5.74) is 1.27. The molecule has 0 unspecified atom stereocenters. The molecule has 0 amide bonds. The largest absolute Gasteiger partial charge is 0.478 e. The van der Waals surface area contributed by atoms with E-state index in [1.807, 2.05) is 6.07 Å². The van der Waals surface area contributed by atoms with Crippen LogP contribution in [0.1, 0.15) is 29.6 Å². The van der Waals surface area contributed by atoms with Crippen molar-refractivity contribution in [2.45, 2.75) is 19.3 Å². The van der Waals surface area contributed by atoms with Crippen molar-refractivity contribution in [3.05, 3.63) is 28.2 Å². The Balaban J connectivity index is 1.93. The number of rotatable bonds is 5. The van der Waals surface area contributed by atoms with E-state index in [1.165, 1.54) is 19.3 Å². The predicted octanol–water partition coefficient (Wildman–Crippen LogP) is 3.36. The van der Waals surface area contributed by atoms with Crippen molar-refractivity contribution >= 4 is 27.6 Å². The van der Waals surface area contributed by atoms with Gasteiger partial charge in [0.25, 0.3) is 0 Å². The van der Waals surface area contributed by atoms with Crippen LogP contribution in [0.2, 0.25) is 0 Å². The summed E-state index contributed by atoms with van der Waals surface area (Å²) in [5.74, 6) is 0.00522. The maximum Gasteiger partial charge on any atom is 0.336 e. The van der Waals surface area contributed by atoms with Crippen molar-refractivity contribution in [3.63, 3.8) is 0 Å². The molecule has 4 heteroatoms. The van der Waals surface area contributed by atoms with Crippen molar-refractivity contribution in [1.29, 1.82) is 0 Å². The van der Waals surface area contributed by atoms with E-state index in [-0.39, 0.29) is 0 Å². The number of nitrogens with one attached hydrogen (secondary N) is 1. The number of benzene rings is 1. The highest BCUT2D eigenvalue weighted by Gasteiger charge is 2.20. The summed E-state index contributed by atoms with van der Waals surface area (Å²) in [6.07, 6.45) is 3.94. The van der Waals surface area contributed by atoms with Gasteiger partial charge in [-0.3, -0.25) is 0 Å². The van der Waals surface area contributed by atoms with Gasteiger partial charge in [0, 0.05) is 16.7 Å². The van der Waals surface area contributed by atoms with Crippen LogP contribution >= 0.6 is 15.9 Å². The fourth-order valence-electron chi connectivity index (χ4n) is 1.63. The van der Waals surface area contributed by atoms with Crippen LogP contribution < -0.4 is 5.32 Å². The molecule has 0 saturated heterocycles. The van der Waals surface area contributed by atoms with E-state index in [0.717, 1.165) is 18.2 Å². The van der Waals surface area contributed by atoms with Crippen LogP contribution in [0.15, 0.2) is 22.7 Å². The Morgan fingerprint density at radius 1 is 1.50 bits per heavy atom. The Morgan fingerprint density at radius 3 is 2.81 bits per heavy atom. The van der Waals surface area contributed by atoms with E-state index >= 15 is 0 Å². The molecule has 3 nitrogen and oxygen atoms in total. The third kappa shape index (κ3) is 2.98. The lowest BCUT2D eigenvalue weighted by Crippen LogP contribution is -2.03. The third-order valence-electron chi connectivity index (χ3n) is 2.78. The number of aromatic carboxylic acids is 1. The second-order valence-electron chi connectivity index (χ2n) is 4.16. The van der Waals surface area contributed by atoms with Crippen molar-refractivity contribution in [2.75, 3.05) is 11.9 Å². The summed E-state index contributed by atoms with van der Waals surface area (Å²) in [4.78, 5) is 10.8. The summed E-state index contributed by atoms with van der Waals surface area (Å²) >= 11 is 3.26. The van der Waals surface area contributed by atoms with Crippen LogP contribution in [0.25, 0.3) is 0 Å². The van der Waals surface area contributed by atoms with Crippen LogP contribution in [-0.2, 0) is 0 Å². The van der Waals surface area contributed by atoms with Gasteiger partial charge in [-0.2, -0.15) is 0 Å². The molecule has 0 aliphatic heterocycles. The molecule has 16 heavy (non-hydrogen) atoms. The van der Waals surface area contributed by atoms with Crippen LogP contribution in [0.3, 0.4) is 0 Å². The van der Waals surface area contributed by atoms with E-state index < -0.39 is 5.97 Å². The first-order valence-corrected chi connectivity index (χ1v) is 6.23. The lowest BCUT2D eigenvalue weighted by molar-refractivity contribution is 0.0696. The van der Waals surface area contributed by atoms with Crippen LogP contribution in [-0.4, -0.2) is 17.6 Å². The fraction of sp³-hybridized carbons (Fsp3) is 0.417. The molecule has 0 heterocycles. The van der Waals surface area contributed by atoms with E-state index in [1.54, 1.807) is 12.1 Å². The number of carboxylic acids is 1. The summed E-state index contributed by atoms with van der Waals surface area (Å²) in [6.45, 7) is 0.962. The Bertz CT molecular complexity index is 402. The highest BCUT2D eigenvalue weighted by Crippen LogP contribution is 2.32. The minimum absolute atomic E-state index is 0.299. The Morgan fingerprint density at radius 2 is 2.25 bits per heavy atom. The van der Waals surface area contributed by atoms with Gasteiger partial charge in [-0.05, 0) is 46.5 Å². The molecule has 0 atom stereocenters. The molecule has 0 radical (unpaired) electrons. The fourth-order valence-corrected chi connectivity index (χ4v) is 2.17. The van der Waals surface area contributed by atoms with Gasteiger partial charge in [-0.25, -0.2) is 4.79 Å². The van der Waals surface area contributed by atoms with Gasteiger partial charge in [-0.1, -0.05) is 12.8 Å². The van der Waals surface area contributed by atoms with Crippen LogP contribution in [0.4, 0.5) is 5.69 Å². The molecule has 2 rings (SSSR count). The van der Waals surface area contributed by atoms with Gasteiger partial charge in [-0.15, -0.1) is 0 Å². The summed E-state index contributed by atoms with van der Waals surface area (Å²) in [5, 5.41) is 12.2. The number of hydrogen-bond donors (Lipinski definition) is 2. The maximum absolute atomic E-state index is 10.8. The summed E-state index contributed by atoms with van der Waals surface area (Å²) in [7, 11) is 0. The molecule has 1 saturated carbocycles. The van der Waals surface area contributed by atoms with Gasteiger partial charge in [0.05, 0.1) is 5.56 Å². The summed E-state index contributed by atoms with van der Waals surface area (Å²) < 4.78 is 0.622. The van der Waals surface area contributed by atoms with E-state index in [9.17, 15) is 4.79 Å². The molecule has 1 aromatic carbocycles. The van der Waals surface area contributed by atoms with E-state index in [4.69, 9.17) is 5.11 Å². The van der Waals surface area contributed by atoms with Crippen molar-refractivity contribution in [1.82, 2.24) is 0 Å². The average Bonchev–Trinajstić information content (AvgIpc) is 3.01. The average molecular weight is 284 g/mol. The number of hydrogen-bond acceptors (Lipinski definition) is 2. The first-order valence-electron chi connectivity index (χ1n) is 5.43.